The summed E-state index contributed by atoms with van der Waals surface area (Å²) in [5, 5.41) is 0. The molecule has 0 saturated carbocycles. The van der Waals surface area contributed by atoms with E-state index in [1.807, 2.05) is 0 Å². The van der Waals surface area contributed by atoms with Crippen molar-refractivity contribution in [3.8, 4) is 0 Å². The van der Waals surface area contributed by atoms with Crippen LogP contribution in [0.25, 0.3) is 0 Å². The second-order valence-corrected chi connectivity index (χ2v) is 0.192. The molecule has 0 bridgehead atoms. The molecule has 0 aliphatic rings. The van der Waals surface area contributed by atoms with Crippen LogP contribution in [0.2, 0.25) is 0 Å². The van der Waals surface area contributed by atoms with E-state index in [1.165, 1.54) is 0 Å². The maximum atomic E-state index is 9.50. The third-order valence-corrected chi connectivity index (χ3v) is 0. The molecule has 0 aromatic heterocycles. The molecule has 0 N–H and O–H groups in total. The summed E-state index contributed by atoms with van der Waals surface area (Å²) < 4.78 is 28.5. The molecule has 1 nitrogen and oxygen atoms in total. The number of rotatable bonds is 0. The second kappa shape index (κ2) is 4.24. The summed E-state index contributed by atoms with van der Waals surface area (Å²) in [7, 11) is 0. The molecule has 0 aromatic rings. The van der Waals surface area contributed by atoms with Gasteiger partial charge in [0.1, 0.15) is 0 Å². The van der Waals surface area contributed by atoms with E-state index in [0.717, 1.165) is 0 Å². The van der Waals surface area contributed by atoms with E-state index >= 15 is 0 Å². The quantitative estimate of drug-likeness (QED) is 0.348. The van der Waals surface area contributed by atoms with Crippen LogP contribution in [0.5, 0.6) is 0 Å². The first-order chi connectivity index (χ1) is 1.73. The Labute approximate surface area is 36.5 Å². The molecule has 0 saturated heterocycles. The Morgan fingerprint density at radius 2 is 1.00 bits per heavy atom. The summed E-state index contributed by atoms with van der Waals surface area (Å²) in [5.41, 5.74) is -2.50. The fourth-order valence-corrected chi connectivity index (χ4v) is 0. The average Bonchev–Trinajstić information content (AvgIpc) is 0.811. The van der Waals surface area contributed by atoms with E-state index in [-0.39, 0.29) is 16.5 Å². The fourth-order valence-electron chi connectivity index (χ4n) is 0. The van der Waals surface area contributed by atoms with Crippen molar-refractivity contribution >= 4 is 0 Å². The Bertz CT molecular complexity index is 11.6. The minimum absolute atomic E-state index is 0. The Kier molecular flexibility index (Phi) is 7.62. The maximum Gasteiger partial charge on any atom is 0.199 e. The molecule has 36 valence electrons. The Hall–Kier alpha value is 0.244. The minimum Gasteiger partial charge on any atom is -0.0662 e. The number of halogens is 3. The van der Waals surface area contributed by atoms with Crippen LogP contribution in [0.1, 0.15) is 0 Å². The Morgan fingerprint density at radius 1 is 1.00 bits per heavy atom. The van der Waals surface area contributed by atoms with Crippen molar-refractivity contribution < 1.29 is 29.9 Å². The third-order valence-electron chi connectivity index (χ3n) is 0. The van der Waals surface area contributed by atoms with Gasteiger partial charge >= 0.3 is 0 Å². The summed E-state index contributed by atoms with van der Waals surface area (Å²) in [6, 6.07) is 0. The molecule has 0 aromatic carbocycles. The fraction of sp³-hybridized carbons (Fsp3) is 0. The Morgan fingerprint density at radius 3 is 1.00 bits per heavy atom. The first-order valence-electron chi connectivity index (χ1n) is 0.507. The molecule has 0 aliphatic heterocycles. The molecule has 0 atom stereocenters. The molecular weight excluding hydrogens is 130 g/mol. The van der Waals surface area contributed by atoms with Gasteiger partial charge in [-0.1, -0.05) is 13.4 Å². The van der Waals surface area contributed by atoms with Crippen LogP contribution in [0.3, 0.4) is 0 Å². The van der Waals surface area contributed by atoms with Gasteiger partial charge in [-0.3, -0.25) is 0 Å². The number of nitrogens with zero attached hydrogens (tertiary/aromatic N) is 1. The van der Waals surface area contributed by atoms with Crippen LogP contribution < -0.4 is 0 Å². The average molecular weight is 130 g/mol. The molecule has 0 aliphatic carbocycles. The molecule has 0 radical (unpaired) electrons. The first-order valence-corrected chi connectivity index (χ1v) is 0.507. The van der Waals surface area contributed by atoms with Crippen molar-refractivity contribution in [2.24, 2.45) is 0 Å². The van der Waals surface area contributed by atoms with Gasteiger partial charge in [0.2, 0.25) is 0 Å². The molecule has 0 amide bonds. The van der Waals surface area contributed by atoms with Gasteiger partial charge in [-0.2, -0.15) is 0 Å². The number of hydrogen-bond acceptors (Lipinski definition) is 1. The minimum atomic E-state index is -2.50. The zero-order valence-corrected chi connectivity index (χ0v) is 2.88. The molecule has 0 heterocycles. The summed E-state index contributed by atoms with van der Waals surface area (Å²) in [6.45, 7) is 0. The predicted octanol–water partition coefficient (Wildman–Crippen LogP) is 0.939. The van der Waals surface area contributed by atoms with Crippen LogP contribution in [-0.4, -0.2) is 5.57 Å². The van der Waals surface area contributed by atoms with E-state index in [9.17, 15) is 13.4 Å². The molecule has 5 heavy (non-hydrogen) atoms. The van der Waals surface area contributed by atoms with Crippen LogP contribution in [-0.2, 0) is 16.5 Å². The van der Waals surface area contributed by atoms with Crippen molar-refractivity contribution in [2.75, 3.05) is 0 Å². The summed E-state index contributed by atoms with van der Waals surface area (Å²) in [6.07, 6.45) is 0. The molecular formula is F3NNi. The van der Waals surface area contributed by atoms with Gasteiger partial charge in [-0.25, -0.2) is 0 Å². The second-order valence-electron chi connectivity index (χ2n) is 0.192. The van der Waals surface area contributed by atoms with Crippen LogP contribution in [0.4, 0.5) is 13.4 Å². The maximum absolute atomic E-state index is 9.50. The molecule has 5 heteroatoms. The van der Waals surface area contributed by atoms with Crippen molar-refractivity contribution in [3.05, 3.63) is 0 Å². The van der Waals surface area contributed by atoms with Crippen LogP contribution in [0.15, 0.2) is 0 Å². The normalized spacial score (nSPS) is 7.20. The van der Waals surface area contributed by atoms with Crippen LogP contribution in [0, 0.1) is 0 Å². The zero-order valence-electron chi connectivity index (χ0n) is 1.90. The van der Waals surface area contributed by atoms with Crippen molar-refractivity contribution in [1.29, 1.82) is 0 Å². The SMILES string of the molecule is FN(F)F.[Ni]. The molecule has 0 rings (SSSR count). The molecule has 0 unspecified atom stereocenters. The van der Waals surface area contributed by atoms with Crippen molar-refractivity contribution in [2.45, 2.75) is 0 Å². The van der Waals surface area contributed by atoms with Gasteiger partial charge in [-0.05, 0) is 0 Å². The smallest absolute Gasteiger partial charge is 0.0662 e. The van der Waals surface area contributed by atoms with Gasteiger partial charge in [0.05, 0.1) is 0 Å². The van der Waals surface area contributed by atoms with E-state index in [1.54, 1.807) is 0 Å². The van der Waals surface area contributed by atoms with Gasteiger partial charge < -0.3 is 0 Å². The topological polar surface area (TPSA) is 3.24 Å². The Balaban J connectivity index is 0. The standard InChI is InChI=1S/F3N.Ni/c1-4(2)3;. The number of hydrogen-bond donors (Lipinski definition) is 0. The summed E-state index contributed by atoms with van der Waals surface area (Å²) in [5.74, 6) is 0. The largest absolute Gasteiger partial charge is 0.199 e. The third kappa shape index (κ3) is 360. The monoisotopic (exact) mass is 129 g/mol. The molecule has 0 spiro atoms. The predicted molar refractivity (Wildman–Crippen MR) is 5.16 cm³/mol. The van der Waals surface area contributed by atoms with Gasteiger partial charge in [0.15, 0.2) is 5.57 Å². The van der Waals surface area contributed by atoms with E-state index in [4.69, 9.17) is 0 Å². The van der Waals surface area contributed by atoms with Crippen molar-refractivity contribution in [3.63, 3.8) is 0 Å². The summed E-state index contributed by atoms with van der Waals surface area (Å²) >= 11 is 0. The van der Waals surface area contributed by atoms with Crippen LogP contribution >= 0.6 is 0 Å². The van der Waals surface area contributed by atoms with E-state index in [0.29, 0.717) is 0 Å². The van der Waals surface area contributed by atoms with E-state index in [2.05, 4.69) is 0 Å². The zero-order chi connectivity index (χ0) is 3.58. The van der Waals surface area contributed by atoms with E-state index < -0.39 is 5.57 Å². The van der Waals surface area contributed by atoms with Gasteiger partial charge in [0, 0.05) is 16.5 Å². The van der Waals surface area contributed by atoms with Gasteiger partial charge in [0.25, 0.3) is 0 Å². The van der Waals surface area contributed by atoms with Gasteiger partial charge in [-0.15, -0.1) is 0 Å². The molecule has 0 fully saturated rings. The van der Waals surface area contributed by atoms with Crippen molar-refractivity contribution in [1.82, 2.24) is 5.57 Å². The first kappa shape index (κ1) is 8.98. The summed E-state index contributed by atoms with van der Waals surface area (Å²) in [4.78, 5) is 0.